The molecule has 0 aliphatic carbocycles. The maximum atomic E-state index is 12.8. The summed E-state index contributed by atoms with van der Waals surface area (Å²) in [6.07, 6.45) is 0. The third kappa shape index (κ3) is 4.39. The van der Waals surface area contributed by atoms with Gasteiger partial charge in [-0.25, -0.2) is 4.79 Å². The Labute approximate surface area is 178 Å². The van der Waals surface area contributed by atoms with E-state index < -0.39 is 5.97 Å². The summed E-state index contributed by atoms with van der Waals surface area (Å²) in [5.41, 5.74) is 1.41. The number of thiophene rings is 1. The molecular formula is C22H24N2O5S. The van der Waals surface area contributed by atoms with Crippen LogP contribution in [0.1, 0.15) is 33.2 Å². The molecule has 0 bridgehead atoms. The van der Waals surface area contributed by atoms with Gasteiger partial charge in [0.25, 0.3) is 5.91 Å². The van der Waals surface area contributed by atoms with Gasteiger partial charge >= 0.3 is 5.97 Å². The minimum atomic E-state index is -0.518. The van der Waals surface area contributed by atoms with E-state index in [4.69, 9.17) is 9.47 Å². The van der Waals surface area contributed by atoms with Gasteiger partial charge in [0.15, 0.2) is 0 Å². The van der Waals surface area contributed by atoms with Gasteiger partial charge in [0.2, 0.25) is 0 Å². The standard InChI is InChI=1S/C22H24N2O5S/c1-5-29-22(27)18-15-10-11-17(25)16(12-24(2)3)19(15)30-21(18)23-20(26)13-6-8-14(28-4)9-7-13/h6-11,25H,5,12H2,1-4H3,(H,23,26). The van der Waals surface area contributed by atoms with E-state index in [1.165, 1.54) is 11.3 Å². The van der Waals surface area contributed by atoms with Gasteiger partial charge in [0, 0.05) is 27.8 Å². The first kappa shape index (κ1) is 21.6. The summed E-state index contributed by atoms with van der Waals surface area (Å²) in [5, 5.41) is 14.2. The Bertz CT molecular complexity index is 1070. The zero-order valence-electron chi connectivity index (χ0n) is 17.3. The number of carbonyl (C=O) groups is 2. The number of anilines is 1. The molecule has 0 saturated carbocycles. The van der Waals surface area contributed by atoms with E-state index in [9.17, 15) is 14.7 Å². The van der Waals surface area contributed by atoms with Crippen molar-refractivity contribution in [1.29, 1.82) is 0 Å². The molecule has 0 saturated heterocycles. The van der Waals surface area contributed by atoms with Crippen molar-refractivity contribution in [1.82, 2.24) is 4.90 Å². The zero-order chi connectivity index (χ0) is 21.8. The lowest BCUT2D eigenvalue weighted by Gasteiger charge is -2.12. The average Bonchev–Trinajstić information content (AvgIpc) is 3.08. The SMILES string of the molecule is CCOC(=O)c1c(NC(=O)c2ccc(OC)cc2)sc2c(CN(C)C)c(O)ccc12. The van der Waals surface area contributed by atoms with E-state index >= 15 is 0 Å². The highest BCUT2D eigenvalue weighted by atomic mass is 32.1. The van der Waals surface area contributed by atoms with E-state index in [2.05, 4.69) is 5.32 Å². The minimum absolute atomic E-state index is 0.140. The van der Waals surface area contributed by atoms with Crippen LogP contribution in [0.4, 0.5) is 5.00 Å². The molecule has 30 heavy (non-hydrogen) atoms. The minimum Gasteiger partial charge on any atom is -0.508 e. The highest BCUT2D eigenvalue weighted by Crippen LogP contribution is 2.41. The lowest BCUT2D eigenvalue weighted by molar-refractivity contribution is 0.0530. The normalized spacial score (nSPS) is 11.0. The first-order valence-corrected chi connectivity index (χ1v) is 10.2. The van der Waals surface area contributed by atoms with Crippen LogP contribution in [0.15, 0.2) is 36.4 Å². The molecule has 1 amide bonds. The van der Waals surface area contributed by atoms with Crippen molar-refractivity contribution in [2.24, 2.45) is 0 Å². The van der Waals surface area contributed by atoms with Crippen molar-refractivity contribution < 1.29 is 24.2 Å². The molecule has 0 fully saturated rings. The van der Waals surface area contributed by atoms with E-state index in [0.717, 1.165) is 4.70 Å². The van der Waals surface area contributed by atoms with Crippen LogP contribution in [0.2, 0.25) is 0 Å². The van der Waals surface area contributed by atoms with Gasteiger partial charge in [0.1, 0.15) is 22.1 Å². The fourth-order valence-corrected chi connectivity index (χ4v) is 4.30. The first-order chi connectivity index (χ1) is 14.3. The van der Waals surface area contributed by atoms with E-state index in [1.54, 1.807) is 50.4 Å². The smallest absolute Gasteiger partial charge is 0.341 e. The molecule has 3 aromatic rings. The van der Waals surface area contributed by atoms with E-state index in [1.807, 2.05) is 19.0 Å². The number of rotatable bonds is 7. The Morgan fingerprint density at radius 1 is 1.13 bits per heavy atom. The summed E-state index contributed by atoms with van der Waals surface area (Å²) in [4.78, 5) is 27.4. The second-order valence-corrected chi connectivity index (χ2v) is 7.91. The second kappa shape index (κ2) is 9.15. The number of esters is 1. The van der Waals surface area contributed by atoms with Crippen LogP contribution in [-0.4, -0.2) is 49.7 Å². The Hall–Kier alpha value is -3.10. The molecule has 0 radical (unpaired) electrons. The lowest BCUT2D eigenvalue weighted by atomic mass is 10.1. The first-order valence-electron chi connectivity index (χ1n) is 9.40. The number of fused-ring (bicyclic) bond motifs is 1. The second-order valence-electron chi connectivity index (χ2n) is 6.89. The largest absolute Gasteiger partial charge is 0.508 e. The van der Waals surface area contributed by atoms with Crippen LogP contribution in [0.3, 0.4) is 0 Å². The molecule has 0 unspecified atom stereocenters. The molecule has 158 valence electrons. The molecule has 0 aliphatic rings. The van der Waals surface area contributed by atoms with Gasteiger partial charge in [-0.1, -0.05) is 0 Å². The van der Waals surface area contributed by atoms with E-state index in [-0.39, 0.29) is 18.3 Å². The van der Waals surface area contributed by atoms with Crippen LogP contribution in [-0.2, 0) is 11.3 Å². The number of phenols is 1. The molecule has 0 aliphatic heterocycles. The Kier molecular flexibility index (Phi) is 6.59. The number of hydrogen-bond donors (Lipinski definition) is 2. The number of benzene rings is 2. The zero-order valence-corrected chi connectivity index (χ0v) is 18.1. The number of methoxy groups -OCH3 is 1. The van der Waals surface area contributed by atoms with Gasteiger partial charge in [0.05, 0.1) is 13.7 Å². The van der Waals surface area contributed by atoms with Gasteiger partial charge in [-0.2, -0.15) is 0 Å². The van der Waals surface area contributed by atoms with Gasteiger partial charge in [-0.15, -0.1) is 11.3 Å². The number of phenolic OH excluding ortho intramolecular Hbond substituents is 1. The molecule has 0 atom stereocenters. The topological polar surface area (TPSA) is 88.1 Å². The molecule has 7 nitrogen and oxygen atoms in total. The maximum Gasteiger partial charge on any atom is 0.341 e. The summed E-state index contributed by atoms with van der Waals surface area (Å²) in [6, 6.07) is 9.92. The van der Waals surface area contributed by atoms with Crippen molar-refractivity contribution in [3.05, 3.63) is 53.1 Å². The number of nitrogens with one attached hydrogen (secondary N) is 1. The fourth-order valence-electron chi connectivity index (χ4n) is 3.09. The molecule has 2 N–H and O–H groups in total. The van der Waals surface area contributed by atoms with Gasteiger partial charge < -0.3 is 24.8 Å². The van der Waals surface area contributed by atoms with Crippen molar-refractivity contribution in [3.63, 3.8) is 0 Å². The number of ether oxygens (including phenoxy) is 2. The fraction of sp³-hybridized carbons (Fsp3) is 0.273. The summed E-state index contributed by atoms with van der Waals surface area (Å²) in [5.74, 6) is -0.0891. The van der Waals surface area contributed by atoms with Crippen molar-refractivity contribution in [2.75, 3.05) is 33.1 Å². The van der Waals surface area contributed by atoms with Crippen LogP contribution >= 0.6 is 11.3 Å². The Morgan fingerprint density at radius 2 is 1.83 bits per heavy atom. The number of amides is 1. The molecule has 1 heterocycles. The predicted molar refractivity (Wildman–Crippen MR) is 118 cm³/mol. The van der Waals surface area contributed by atoms with E-state index in [0.29, 0.717) is 39.4 Å². The monoisotopic (exact) mass is 428 g/mol. The van der Waals surface area contributed by atoms with Crippen LogP contribution in [0.5, 0.6) is 11.5 Å². The lowest BCUT2D eigenvalue weighted by Crippen LogP contribution is -2.14. The summed E-state index contributed by atoms with van der Waals surface area (Å²) >= 11 is 1.25. The number of aromatic hydroxyl groups is 1. The predicted octanol–water partition coefficient (Wildman–Crippen LogP) is 4.11. The maximum absolute atomic E-state index is 12.8. The third-order valence-electron chi connectivity index (χ3n) is 4.47. The van der Waals surface area contributed by atoms with Crippen molar-refractivity contribution >= 4 is 38.3 Å². The van der Waals surface area contributed by atoms with Crippen LogP contribution in [0.25, 0.3) is 10.1 Å². The number of carbonyl (C=O) groups excluding carboxylic acids is 2. The van der Waals surface area contributed by atoms with Crippen LogP contribution in [0, 0.1) is 0 Å². The van der Waals surface area contributed by atoms with Gasteiger partial charge in [-0.05, 0) is 57.4 Å². The third-order valence-corrected chi connectivity index (χ3v) is 5.65. The summed E-state index contributed by atoms with van der Waals surface area (Å²) in [6.45, 7) is 2.42. The quantitative estimate of drug-likeness (QED) is 0.551. The molecule has 0 spiro atoms. The van der Waals surface area contributed by atoms with Gasteiger partial charge in [-0.3, -0.25) is 4.79 Å². The molecule has 8 heteroatoms. The summed E-state index contributed by atoms with van der Waals surface area (Å²) < 4.78 is 11.1. The van der Waals surface area contributed by atoms with Crippen molar-refractivity contribution in [2.45, 2.75) is 13.5 Å². The highest BCUT2D eigenvalue weighted by molar-refractivity contribution is 7.23. The Balaban J connectivity index is 2.08. The Morgan fingerprint density at radius 3 is 2.43 bits per heavy atom. The molecule has 3 rings (SSSR count). The van der Waals surface area contributed by atoms with Crippen LogP contribution < -0.4 is 10.1 Å². The molecule has 2 aromatic carbocycles. The number of hydrogen-bond acceptors (Lipinski definition) is 7. The number of nitrogens with zero attached hydrogens (tertiary/aromatic N) is 1. The van der Waals surface area contributed by atoms with Crippen molar-refractivity contribution in [3.8, 4) is 11.5 Å². The summed E-state index contributed by atoms with van der Waals surface area (Å²) in [7, 11) is 5.34. The molecule has 1 aromatic heterocycles. The molecular weight excluding hydrogens is 404 g/mol. The average molecular weight is 429 g/mol. The highest BCUT2D eigenvalue weighted by Gasteiger charge is 2.24.